The highest BCUT2D eigenvalue weighted by Crippen LogP contribution is 2.49. The van der Waals surface area contributed by atoms with Gasteiger partial charge in [0.15, 0.2) is 5.03 Å². The van der Waals surface area contributed by atoms with E-state index in [2.05, 4.69) is 4.98 Å². The van der Waals surface area contributed by atoms with Crippen LogP contribution in [-0.4, -0.2) is 53.7 Å². The Morgan fingerprint density at radius 1 is 0.950 bits per heavy atom. The van der Waals surface area contributed by atoms with E-state index in [9.17, 15) is 18.0 Å². The number of benzene rings is 2. The number of amides is 2. The van der Waals surface area contributed by atoms with Crippen molar-refractivity contribution in [2.24, 2.45) is 10.9 Å². The van der Waals surface area contributed by atoms with Crippen molar-refractivity contribution in [2.45, 2.75) is 35.4 Å². The van der Waals surface area contributed by atoms with Crippen molar-refractivity contribution in [1.82, 2.24) is 14.9 Å². The Balaban J connectivity index is 1.28. The van der Waals surface area contributed by atoms with E-state index in [0.29, 0.717) is 37.2 Å². The predicted octanol–water partition coefficient (Wildman–Crippen LogP) is 2.06. The number of rotatable bonds is 5. The lowest BCUT2D eigenvalue weighted by atomic mass is 9.74. The molecule has 0 atom stereocenters. The highest BCUT2D eigenvalue weighted by molar-refractivity contribution is 7.89. The normalized spacial score (nSPS) is 18.6. The van der Waals surface area contributed by atoms with Crippen LogP contribution in [-0.2, 0) is 31.6 Å². The third-order valence-corrected chi connectivity index (χ3v) is 9.12. The SMILES string of the molecule is NC1(C(=O)N2CC3(C2)C(=O)N(Cc2ncc4ccccc4c2-c2ccc(S(N)(=O)=O)nc2)c2ccccc23)CC1. The van der Waals surface area contributed by atoms with Crippen molar-refractivity contribution < 1.29 is 18.0 Å². The number of nitrogens with zero attached hydrogens (tertiary/aromatic N) is 4. The molecule has 4 aromatic rings. The molecule has 2 fully saturated rings. The lowest BCUT2D eigenvalue weighted by Gasteiger charge is -2.47. The van der Waals surface area contributed by atoms with E-state index in [-0.39, 0.29) is 23.4 Å². The first kappa shape index (κ1) is 24.8. The van der Waals surface area contributed by atoms with E-state index in [4.69, 9.17) is 15.9 Å². The van der Waals surface area contributed by atoms with Crippen LogP contribution in [0.4, 0.5) is 5.69 Å². The van der Waals surface area contributed by atoms with Gasteiger partial charge >= 0.3 is 0 Å². The van der Waals surface area contributed by atoms with Crippen LogP contribution < -0.4 is 15.8 Å². The number of anilines is 1. The van der Waals surface area contributed by atoms with Crippen LogP contribution in [0.1, 0.15) is 24.1 Å². The van der Waals surface area contributed by atoms with Crippen LogP contribution >= 0.6 is 0 Å². The Morgan fingerprint density at radius 3 is 2.38 bits per heavy atom. The third-order valence-electron chi connectivity index (χ3n) is 8.29. The minimum atomic E-state index is -3.95. The van der Waals surface area contributed by atoms with E-state index >= 15 is 0 Å². The zero-order chi connectivity index (χ0) is 27.9. The smallest absolute Gasteiger partial charge is 0.255 e. The van der Waals surface area contributed by atoms with Gasteiger partial charge in [0.25, 0.3) is 10.0 Å². The second-order valence-electron chi connectivity index (χ2n) is 10.9. The van der Waals surface area contributed by atoms with Crippen LogP contribution in [0.15, 0.2) is 78.1 Å². The molecular formula is C29H26N6O4S. The summed E-state index contributed by atoms with van der Waals surface area (Å²) in [5, 5.41) is 6.81. The summed E-state index contributed by atoms with van der Waals surface area (Å²) in [5.41, 5.74) is 8.29. The van der Waals surface area contributed by atoms with Gasteiger partial charge in [0.1, 0.15) is 5.41 Å². The monoisotopic (exact) mass is 554 g/mol. The maximum atomic E-state index is 14.1. The van der Waals surface area contributed by atoms with Crippen molar-refractivity contribution in [2.75, 3.05) is 18.0 Å². The molecule has 0 radical (unpaired) electrons. The molecule has 10 nitrogen and oxygen atoms in total. The molecule has 1 spiro atoms. The van der Waals surface area contributed by atoms with Crippen LogP contribution in [0.3, 0.4) is 0 Å². The van der Waals surface area contributed by atoms with Gasteiger partial charge in [-0.2, -0.15) is 0 Å². The number of nitrogens with two attached hydrogens (primary N) is 2. The molecule has 11 heteroatoms. The van der Waals surface area contributed by atoms with Gasteiger partial charge in [0.05, 0.1) is 17.8 Å². The number of primary sulfonamides is 1. The molecule has 2 aliphatic heterocycles. The van der Waals surface area contributed by atoms with Crippen LogP contribution in [0.2, 0.25) is 0 Å². The van der Waals surface area contributed by atoms with Gasteiger partial charge in [-0.05, 0) is 42.0 Å². The number of carbonyl (C=O) groups excluding carboxylic acids is 2. The average Bonchev–Trinajstić information content (AvgIpc) is 3.63. The fourth-order valence-corrected chi connectivity index (χ4v) is 6.42. The number of hydrogen-bond acceptors (Lipinski definition) is 7. The van der Waals surface area contributed by atoms with Gasteiger partial charge in [0, 0.05) is 47.7 Å². The molecule has 2 amide bonds. The molecule has 4 heterocycles. The molecule has 0 bridgehead atoms. The molecule has 3 aliphatic rings. The summed E-state index contributed by atoms with van der Waals surface area (Å²) in [5.74, 6) is -0.168. The molecule has 202 valence electrons. The molecule has 4 N–H and O–H groups in total. The standard InChI is InChI=1S/C29H26N6O4S/c30-29(11-12-29)27(37)34-16-28(17-34)21-7-3-4-8-23(21)35(26(28)36)15-22-25(20-6-2-1-5-18(20)13-32-22)19-9-10-24(33-14-19)40(31,38)39/h1-10,13-14H,11-12,15-17,30H2,(H2,31,38,39). The van der Waals surface area contributed by atoms with Crippen LogP contribution in [0.5, 0.6) is 0 Å². The Hall–Kier alpha value is -4.19. The lowest BCUT2D eigenvalue weighted by molar-refractivity contribution is -0.146. The molecular weight excluding hydrogens is 528 g/mol. The number of aromatic nitrogens is 2. The van der Waals surface area contributed by atoms with Crippen LogP contribution in [0, 0.1) is 0 Å². The molecule has 7 rings (SSSR count). The molecule has 1 aliphatic carbocycles. The Morgan fingerprint density at radius 2 is 1.68 bits per heavy atom. The minimum Gasteiger partial charge on any atom is -0.338 e. The van der Waals surface area contributed by atoms with E-state index in [1.54, 1.807) is 22.1 Å². The zero-order valence-electron chi connectivity index (χ0n) is 21.4. The molecule has 40 heavy (non-hydrogen) atoms. The fraction of sp³-hybridized carbons (Fsp3) is 0.241. The summed E-state index contributed by atoms with van der Waals surface area (Å²) in [6, 6.07) is 18.4. The van der Waals surface area contributed by atoms with Crippen LogP contribution in [0.25, 0.3) is 21.9 Å². The van der Waals surface area contributed by atoms with Gasteiger partial charge in [-0.1, -0.05) is 42.5 Å². The zero-order valence-corrected chi connectivity index (χ0v) is 22.3. The minimum absolute atomic E-state index is 0.0803. The maximum Gasteiger partial charge on any atom is 0.255 e. The number of pyridine rings is 2. The first-order valence-corrected chi connectivity index (χ1v) is 14.5. The summed E-state index contributed by atoms with van der Waals surface area (Å²) in [7, 11) is -3.95. The number of fused-ring (bicyclic) bond motifs is 3. The lowest BCUT2D eigenvalue weighted by Crippen LogP contribution is -2.67. The average molecular weight is 555 g/mol. The van der Waals surface area contributed by atoms with Gasteiger partial charge in [-0.25, -0.2) is 18.5 Å². The number of para-hydroxylation sites is 1. The summed E-state index contributed by atoms with van der Waals surface area (Å²) in [4.78, 5) is 39.2. The molecule has 0 unspecified atom stereocenters. The third kappa shape index (κ3) is 3.65. The largest absolute Gasteiger partial charge is 0.338 e. The highest BCUT2D eigenvalue weighted by atomic mass is 32.2. The van der Waals surface area contributed by atoms with Gasteiger partial charge in [0.2, 0.25) is 11.8 Å². The maximum absolute atomic E-state index is 14.1. The number of carbonyl (C=O) groups is 2. The summed E-state index contributed by atoms with van der Waals surface area (Å²) in [6.07, 6.45) is 4.58. The van der Waals surface area contributed by atoms with Gasteiger partial charge in [-0.15, -0.1) is 0 Å². The number of hydrogen-bond donors (Lipinski definition) is 2. The van der Waals surface area contributed by atoms with Crippen molar-refractivity contribution in [1.29, 1.82) is 0 Å². The molecule has 2 aromatic carbocycles. The van der Waals surface area contributed by atoms with Crippen molar-refractivity contribution >= 4 is 38.3 Å². The summed E-state index contributed by atoms with van der Waals surface area (Å²) < 4.78 is 23.6. The van der Waals surface area contributed by atoms with E-state index in [0.717, 1.165) is 27.6 Å². The molecule has 2 aromatic heterocycles. The van der Waals surface area contributed by atoms with Crippen molar-refractivity contribution in [3.63, 3.8) is 0 Å². The van der Waals surface area contributed by atoms with E-state index < -0.39 is 21.0 Å². The Bertz CT molecular complexity index is 1830. The first-order valence-electron chi connectivity index (χ1n) is 13.0. The highest BCUT2D eigenvalue weighted by Gasteiger charge is 2.62. The van der Waals surface area contributed by atoms with E-state index in [1.807, 2.05) is 48.5 Å². The fourth-order valence-electron chi connectivity index (χ4n) is 5.96. The number of likely N-dealkylation sites (tertiary alicyclic amines) is 1. The van der Waals surface area contributed by atoms with Gasteiger partial charge < -0.3 is 15.5 Å². The van der Waals surface area contributed by atoms with Crippen molar-refractivity contribution in [3.05, 3.63) is 84.3 Å². The predicted molar refractivity (Wildman–Crippen MR) is 148 cm³/mol. The Labute approximate surface area is 230 Å². The summed E-state index contributed by atoms with van der Waals surface area (Å²) >= 11 is 0. The van der Waals surface area contributed by atoms with Crippen molar-refractivity contribution in [3.8, 4) is 11.1 Å². The van der Waals surface area contributed by atoms with Gasteiger partial charge in [-0.3, -0.25) is 14.6 Å². The number of sulfonamides is 1. The topological polar surface area (TPSA) is 153 Å². The first-order chi connectivity index (χ1) is 19.1. The molecule has 1 saturated carbocycles. The quantitative estimate of drug-likeness (QED) is 0.383. The second kappa shape index (κ2) is 8.40. The second-order valence-corrected chi connectivity index (χ2v) is 12.4. The van der Waals surface area contributed by atoms with E-state index in [1.165, 1.54) is 12.3 Å². The Kier molecular flexibility index (Phi) is 5.22. The molecule has 1 saturated heterocycles. The summed E-state index contributed by atoms with van der Waals surface area (Å²) in [6.45, 7) is 0.783.